The molecule has 0 heterocycles. The van der Waals surface area contributed by atoms with Crippen molar-refractivity contribution in [2.75, 3.05) is 5.01 Å². The van der Waals surface area contributed by atoms with Crippen LogP contribution in [0.15, 0.2) is 30.3 Å². The lowest BCUT2D eigenvalue weighted by Gasteiger charge is -2.20. The molecule has 86 valence electrons. The summed E-state index contributed by atoms with van der Waals surface area (Å²) in [5.41, 5.74) is 0.545. The molecule has 0 aromatic heterocycles. The molecule has 1 aromatic carbocycles. The van der Waals surface area contributed by atoms with E-state index in [-0.39, 0.29) is 6.42 Å². The maximum atomic E-state index is 11.9. The van der Waals surface area contributed by atoms with E-state index in [9.17, 15) is 4.79 Å². The molecule has 1 saturated carbocycles. The molecule has 16 heavy (non-hydrogen) atoms. The Morgan fingerprint density at radius 1 is 1.25 bits per heavy atom. The lowest BCUT2D eigenvalue weighted by Crippen LogP contribution is -2.45. The Morgan fingerprint density at radius 3 is 2.19 bits per heavy atom. The van der Waals surface area contributed by atoms with Gasteiger partial charge in [-0.05, 0) is 12.1 Å². The van der Waals surface area contributed by atoms with Crippen LogP contribution in [0.5, 0.6) is 0 Å². The highest BCUT2D eigenvalue weighted by Crippen LogP contribution is 2.62. The van der Waals surface area contributed by atoms with Gasteiger partial charge < -0.3 is 0 Å². The van der Waals surface area contributed by atoms with Crippen LogP contribution in [-0.2, 0) is 4.79 Å². The van der Waals surface area contributed by atoms with Gasteiger partial charge >= 0.3 is 0 Å². The summed E-state index contributed by atoms with van der Waals surface area (Å²) in [5, 5.41) is 0.972. The van der Waals surface area contributed by atoms with Crippen LogP contribution in [0.3, 0.4) is 0 Å². The van der Waals surface area contributed by atoms with E-state index in [1.165, 1.54) is 0 Å². The maximum absolute atomic E-state index is 11.9. The van der Waals surface area contributed by atoms with Crippen molar-refractivity contribution in [3.63, 3.8) is 0 Å². The molecule has 1 atom stereocenters. The normalized spacial score (nSPS) is 26.2. The molecular formula is C10H9Cl3N2O. The predicted molar refractivity (Wildman–Crippen MR) is 65.8 cm³/mol. The Kier molecular flexibility index (Phi) is 2.83. The van der Waals surface area contributed by atoms with Gasteiger partial charge in [0, 0.05) is 6.42 Å². The molecule has 1 amide bonds. The summed E-state index contributed by atoms with van der Waals surface area (Å²) in [6.45, 7) is 0. The van der Waals surface area contributed by atoms with E-state index in [1.807, 2.05) is 6.07 Å². The first-order valence-corrected chi connectivity index (χ1v) is 5.73. The first-order valence-electron chi connectivity index (χ1n) is 4.59. The average molecular weight is 280 g/mol. The minimum Gasteiger partial charge on any atom is -0.271 e. The zero-order valence-corrected chi connectivity index (χ0v) is 10.4. The van der Waals surface area contributed by atoms with Gasteiger partial charge in [0.25, 0.3) is 5.91 Å². The van der Waals surface area contributed by atoms with Crippen LogP contribution in [0.4, 0.5) is 5.69 Å². The van der Waals surface area contributed by atoms with Crippen LogP contribution >= 0.6 is 34.8 Å². The fourth-order valence-corrected chi connectivity index (χ4v) is 2.38. The number of alkyl halides is 3. The van der Waals surface area contributed by atoms with Crippen molar-refractivity contribution >= 4 is 46.4 Å². The Hall–Kier alpha value is -0.480. The van der Waals surface area contributed by atoms with Crippen molar-refractivity contribution in [3.05, 3.63) is 30.3 Å². The molecule has 2 N–H and O–H groups in total. The van der Waals surface area contributed by atoms with E-state index in [4.69, 9.17) is 40.6 Å². The molecule has 6 heteroatoms. The summed E-state index contributed by atoms with van der Waals surface area (Å²) in [6.07, 6.45) is 0.198. The second-order valence-corrected chi connectivity index (χ2v) is 5.82. The number of halogens is 3. The molecule has 1 unspecified atom stereocenters. The number of hydrogen-bond donors (Lipinski definition) is 1. The molecular weight excluding hydrogens is 270 g/mol. The van der Waals surface area contributed by atoms with Gasteiger partial charge in [-0.25, -0.2) is 10.9 Å². The topological polar surface area (TPSA) is 46.3 Å². The quantitative estimate of drug-likeness (QED) is 0.391. The van der Waals surface area contributed by atoms with Crippen LogP contribution in [-0.4, -0.2) is 15.1 Å². The number of nitrogens with zero attached hydrogens (tertiary/aromatic N) is 1. The van der Waals surface area contributed by atoms with Crippen LogP contribution in [0.1, 0.15) is 6.42 Å². The molecule has 0 saturated heterocycles. The Balaban J connectivity index is 2.19. The molecule has 1 aliphatic carbocycles. The van der Waals surface area contributed by atoms with Crippen molar-refractivity contribution in [2.24, 2.45) is 5.84 Å². The smallest absolute Gasteiger partial charge is 0.265 e. The molecule has 1 aliphatic rings. The number of benzene rings is 1. The van der Waals surface area contributed by atoms with E-state index in [0.29, 0.717) is 5.69 Å². The number of para-hydroxylation sites is 1. The first-order chi connectivity index (χ1) is 7.38. The molecule has 1 fully saturated rings. The number of amides is 1. The summed E-state index contributed by atoms with van der Waals surface area (Å²) in [7, 11) is 0. The fraction of sp³-hybridized carbons (Fsp3) is 0.300. The largest absolute Gasteiger partial charge is 0.271 e. The van der Waals surface area contributed by atoms with E-state index in [1.54, 1.807) is 24.3 Å². The van der Waals surface area contributed by atoms with Gasteiger partial charge in [-0.3, -0.25) is 4.79 Å². The highest BCUT2D eigenvalue weighted by Gasteiger charge is 2.71. The summed E-state index contributed by atoms with van der Waals surface area (Å²) in [5.74, 6) is 5.17. The first kappa shape index (κ1) is 12.0. The molecule has 2 rings (SSSR count). The lowest BCUT2D eigenvalue weighted by molar-refractivity contribution is -0.119. The SMILES string of the molecule is NN(C(=O)C1(Cl)CC1(Cl)Cl)c1ccccc1. The van der Waals surface area contributed by atoms with Gasteiger partial charge in [-0.2, -0.15) is 0 Å². The van der Waals surface area contributed by atoms with Gasteiger partial charge in [-0.15, -0.1) is 11.6 Å². The lowest BCUT2D eigenvalue weighted by atomic mass is 10.3. The maximum Gasteiger partial charge on any atom is 0.265 e. The van der Waals surface area contributed by atoms with Gasteiger partial charge in [0.05, 0.1) is 5.69 Å². The molecule has 0 spiro atoms. The number of nitrogens with two attached hydrogens (primary N) is 1. The third-order valence-corrected chi connectivity index (χ3v) is 4.24. The molecule has 0 radical (unpaired) electrons. The number of rotatable bonds is 2. The van der Waals surface area contributed by atoms with Crippen LogP contribution < -0.4 is 10.9 Å². The Bertz CT molecular complexity index is 423. The summed E-state index contributed by atoms with van der Waals surface area (Å²) in [4.78, 5) is 10.6. The third-order valence-electron chi connectivity index (χ3n) is 2.51. The molecule has 3 nitrogen and oxygen atoms in total. The van der Waals surface area contributed by atoms with Gasteiger partial charge in [0.2, 0.25) is 0 Å². The highest BCUT2D eigenvalue weighted by atomic mass is 35.5. The van der Waals surface area contributed by atoms with E-state index in [2.05, 4.69) is 0 Å². The number of hydrogen-bond acceptors (Lipinski definition) is 2. The zero-order chi connectivity index (χ0) is 12.0. The van der Waals surface area contributed by atoms with E-state index < -0.39 is 15.1 Å². The standard InChI is InChI=1S/C10H9Cl3N2O/c11-9(6-10(9,12)13)8(16)15(14)7-4-2-1-3-5-7/h1-5H,6,14H2. The minimum atomic E-state index is -1.30. The third kappa shape index (κ3) is 1.78. The van der Waals surface area contributed by atoms with Crippen LogP contribution in [0.25, 0.3) is 0 Å². The number of carbonyl (C=O) groups is 1. The van der Waals surface area contributed by atoms with Crippen molar-refractivity contribution in [2.45, 2.75) is 15.6 Å². The number of anilines is 1. The van der Waals surface area contributed by atoms with E-state index >= 15 is 0 Å². The van der Waals surface area contributed by atoms with Crippen LogP contribution in [0, 0.1) is 0 Å². The van der Waals surface area contributed by atoms with Gasteiger partial charge in [0.1, 0.15) is 4.33 Å². The Labute approximate surface area is 108 Å². The second kappa shape index (κ2) is 3.77. The number of hydrazine groups is 1. The molecule has 0 aliphatic heterocycles. The van der Waals surface area contributed by atoms with Crippen molar-refractivity contribution in [1.82, 2.24) is 0 Å². The van der Waals surface area contributed by atoms with Gasteiger partial charge in [-0.1, -0.05) is 41.4 Å². The van der Waals surface area contributed by atoms with Gasteiger partial charge in [0.15, 0.2) is 4.87 Å². The highest BCUT2D eigenvalue weighted by molar-refractivity contribution is 6.62. The minimum absolute atomic E-state index is 0.198. The van der Waals surface area contributed by atoms with Crippen molar-refractivity contribution < 1.29 is 4.79 Å². The second-order valence-electron chi connectivity index (χ2n) is 3.69. The Morgan fingerprint density at radius 2 is 1.75 bits per heavy atom. The fourth-order valence-electron chi connectivity index (χ4n) is 1.39. The van der Waals surface area contributed by atoms with Crippen molar-refractivity contribution in [1.29, 1.82) is 0 Å². The van der Waals surface area contributed by atoms with Crippen LogP contribution in [0.2, 0.25) is 0 Å². The summed E-state index contributed by atoms with van der Waals surface area (Å²) < 4.78 is -1.22. The zero-order valence-electron chi connectivity index (χ0n) is 8.16. The summed E-state index contributed by atoms with van der Waals surface area (Å²) in [6, 6.07) is 8.76. The molecule has 1 aromatic rings. The average Bonchev–Trinajstić information content (AvgIpc) is 2.79. The van der Waals surface area contributed by atoms with Crippen molar-refractivity contribution in [3.8, 4) is 0 Å². The number of carbonyl (C=O) groups excluding carboxylic acids is 1. The monoisotopic (exact) mass is 278 g/mol. The van der Waals surface area contributed by atoms with E-state index in [0.717, 1.165) is 5.01 Å². The molecule has 0 bridgehead atoms. The predicted octanol–water partition coefficient (Wildman–Crippen LogP) is 2.45. The summed E-state index contributed by atoms with van der Waals surface area (Å²) >= 11 is 17.6.